The van der Waals surface area contributed by atoms with E-state index in [1.807, 2.05) is 25.1 Å². The summed E-state index contributed by atoms with van der Waals surface area (Å²) >= 11 is 0. The van der Waals surface area contributed by atoms with E-state index in [-0.39, 0.29) is 11.8 Å². The lowest BCUT2D eigenvalue weighted by Crippen LogP contribution is -1.98. The van der Waals surface area contributed by atoms with Crippen LogP contribution >= 0.6 is 0 Å². The first kappa shape index (κ1) is 12.7. The fourth-order valence-electron chi connectivity index (χ4n) is 2.26. The first-order chi connectivity index (χ1) is 9.60. The van der Waals surface area contributed by atoms with Gasteiger partial charge in [0.1, 0.15) is 5.75 Å². The van der Waals surface area contributed by atoms with Gasteiger partial charge in [0.2, 0.25) is 11.7 Å². The number of aliphatic carboxylic acids is 1. The van der Waals surface area contributed by atoms with Crippen LogP contribution in [0.1, 0.15) is 23.8 Å². The zero-order chi connectivity index (χ0) is 14.3. The van der Waals surface area contributed by atoms with Gasteiger partial charge in [0.25, 0.3) is 0 Å². The lowest BCUT2D eigenvalue weighted by atomic mass is 10.1. The quantitative estimate of drug-likeness (QED) is 0.920. The molecular formula is C14H14N2O4. The van der Waals surface area contributed by atoms with E-state index in [0.717, 1.165) is 16.9 Å². The maximum atomic E-state index is 10.8. The Balaban J connectivity index is 1.84. The van der Waals surface area contributed by atoms with Crippen LogP contribution in [0.5, 0.6) is 5.75 Å². The normalized spacial score (nSPS) is 20.7. The molecule has 1 aliphatic carbocycles. The number of carbonyl (C=O) groups is 1. The molecule has 0 aliphatic heterocycles. The lowest BCUT2D eigenvalue weighted by molar-refractivity contribution is -0.138. The average molecular weight is 274 g/mol. The minimum absolute atomic E-state index is 0.145. The molecule has 1 N–H and O–H groups in total. The van der Waals surface area contributed by atoms with E-state index < -0.39 is 5.97 Å². The molecule has 1 heterocycles. The number of ether oxygens (including phenoxy) is 1. The highest BCUT2D eigenvalue weighted by Crippen LogP contribution is 2.47. The highest BCUT2D eigenvalue weighted by Gasteiger charge is 2.48. The second-order valence-electron chi connectivity index (χ2n) is 4.93. The average Bonchev–Trinajstić information content (AvgIpc) is 3.09. The van der Waals surface area contributed by atoms with Crippen molar-refractivity contribution in [3.63, 3.8) is 0 Å². The molecule has 0 bridgehead atoms. The lowest BCUT2D eigenvalue weighted by Gasteiger charge is -2.04. The van der Waals surface area contributed by atoms with Crippen molar-refractivity contribution < 1.29 is 19.2 Å². The van der Waals surface area contributed by atoms with Crippen LogP contribution in [-0.2, 0) is 4.79 Å². The number of rotatable bonds is 4. The zero-order valence-corrected chi connectivity index (χ0v) is 11.2. The third kappa shape index (κ3) is 2.13. The number of carboxylic acids is 1. The predicted octanol–water partition coefficient (Wildman–Crippen LogP) is 2.24. The molecular weight excluding hydrogens is 260 g/mol. The van der Waals surface area contributed by atoms with Gasteiger partial charge in [0.05, 0.1) is 18.9 Å². The van der Waals surface area contributed by atoms with Crippen LogP contribution in [0.15, 0.2) is 22.7 Å². The Labute approximate surface area is 115 Å². The molecule has 0 saturated heterocycles. The van der Waals surface area contributed by atoms with Crippen molar-refractivity contribution in [2.24, 2.45) is 5.92 Å². The van der Waals surface area contributed by atoms with Gasteiger partial charge in [-0.1, -0.05) is 5.16 Å². The maximum absolute atomic E-state index is 10.8. The molecule has 0 radical (unpaired) electrons. The molecule has 6 heteroatoms. The third-order valence-corrected chi connectivity index (χ3v) is 3.52. The number of hydrogen-bond donors (Lipinski definition) is 1. The minimum Gasteiger partial charge on any atom is -0.496 e. The van der Waals surface area contributed by atoms with E-state index in [1.165, 1.54) is 0 Å². The molecule has 3 rings (SSSR count). The summed E-state index contributed by atoms with van der Waals surface area (Å²) in [5, 5.41) is 12.8. The Morgan fingerprint density at radius 1 is 1.50 bits per heavy atom. The van der Waals surface area contributed by atoms with E-state index in [9.17, 15) is 4.79 Å². The van der Waals surface area contributed by atoms with E-state index in [2.05, 4.69) is 10.1 Å². The summed E-state index contributed by atoms with van der Waals surface area (Å²) in [4.78, 5) is 15.1. The summed E-state index contributed by atoms with van der Waals surface area (Å²) in [6, 6.07) is 5.61. The van der Waals surface area contributed by atoms with E-state index in [4.69, 9.17) is 14.4 Å². The van der Waals surface area contributed by atoms with Crippen molar-refractivity contribution in [2.45, 2.75) is 19.3 Å². The summed E-state index contributed by atoms with van der Waals surface area (Å²) in [6.45, 7) is 1.94. The van der Waals surface area contributed by atoms with Crippen molar-refractivity contribution in [3.05, 3.63) is 29.7 Å². The molecule has 2 atom stereocenters. The molecule has 1 aromatic carbocycles. The van der Waals surface area contributed by atoms with Crippen LogP contribution in [0.3, 0.4) is 0 Å². The Morgan fingerprint density at radius 3 is 2.90 bits per heavy atom. The van der Waals surface area contributed by atoms with Crippen molar-refractivity contribution in [1.82, 2.24) is 10.1 Å². The summed E-state index contributed by atoms with van der Waals surface area (Å²) in [6.07, 6.45) is 0.568. The first-order valence-corrected chi connectivity index (χ1v) is 6.31. The summed E-state index contributed by atoms with van der Waals surface area (Å²) in [5.74, 6) is 0.331. The highest BCUT2D eigenvalue weighted by molar-refractivity contribution is 5.74. The van der Waals surface area contributed by atoms with Crippen LogP contribution in [0.25, 0.3) is 11.4 Å². The molecule has 6 nitrogen and oxygen atoms in total. The standard InChI is InChI=1S/C14H14N2O4/c1-7-5-8(3-4-11(7)19-2)12-15-13(20-16-12)9-6-10(9)14(17)18/h3-5,9-10H,6H2,1-2H3,(H,17,18). The molecule has 1 saturated carbocycles. The molecule has 20 heavy (non-hydrogen) atoms. The molecule has 0 spiro atoms. The monoisotopic (exact) mass is 274 g/mol. The Hall–Kier alpha value is -2.37. The molecule has 1 aromatic heterocycles. The second kappa shape index (κ2) is 4.63. The van der Waals surface area contributed by atoms with Crippen LogP contribution in [0, 0.1) is 12.8 Å². The predicted molar refractivity (Wildman–Crippen MR) is 69.5 cm³/mol. The van der Waals surface area contributed by atoms with Crippen molar-refractivity contribution >= 4 is 5.97 Å². The third-order valence-electron chi connectivity index (χ3n) is 3.52. The highest BCUT2D eigenvalue weighted by atomic mass is 16.5. The van der Waals surface area contributed by atoms with E-state index in [0.29, 0.717) is 18.1 Å². The van der Waals surface area contributed by atoms with Gasteiger partial charge in [-0.25, -0.2) is 0 Å². The number of hydrogen-bond acceptors (Lipinski definition) is 5. The van der Waals surface area contributed by atoms with E-state index in [1.54, 1.807) is 7.11 Å². The van der Waals surface area contributed by atoms with Crippen LogP contribution in [0.2, 0.25) is 0 Å². The number of aromatic nitrogens is 2. The van der Waals surface area contributed by atoms with Gasteiger partial charge < -0.3 is 14.4 Å². The Kier molecular flexibility index (Phi) is 2.93. The number of nitrogens with zero attached hydrogens (tertiary/aromatic N) is 2. The van der Waals surface area contributed by atoms with Crippen molar-refractivity contribution in [2.75, 3.05) is 7.11 Å². The molecule has 104 valence electrons. The number of aryl methyl sites for hydroxylation is 1. The van der Waals surface area contributed by atoms with Gasteiger partial charge in [-0.2, -0.15) is 4.98 Å². The van der Waals surface area contributed by atoms with Gasteiger partial charge in [-0.3, -0.25) is 4.79 Å². The molecule has 1 aliphatic rings. The topological polar surface area (TPSA) is 85.5 Å². The van der Waals surface area contributed by atoms with Crippen molar-refractivity contribution in [1.29, 1.82) is 0 Å². The largest absolute Gasteiger partial charge is 0.496 e. The number of benzene rings is 1. The van der Waals surface area contributed by atoms with Gasteiger partial charge >= 0.3 is 5.97 Å². The fourth-order valence-corrected chi connectivity index (χ4v) is 2.26. The van der Waals surface area contributed by atoms with Gasteiger partial charge in [0, 0.05) is 5.56 Å². The smallest absolute Gasteiger partial charge is 0.307 e. The molecule has 2 unspecified atom stereocenters. The number of methoxy groups -OCH3 is 1. The van der Waals surface area contributed by atoms with Crippen molar-refractivity contribution in [3.8, 4) is 17.1 Å². The first-order valence-electron chi connectivity index (χ1n) is 6.31. The number of carboxylic acid groups (broad SMARTS) is 1. The minimum atomic E-state index is -0.810. The van der Waals surface area contributed by atoms with Gasteiger partial charge in [-0.05, 0) is 37.1 Å². The fraction of sp³-hybridized carbons (Fsp3) is 0.357. The maximum Gasteiger partial charge on any atom is 0.307 e. The van der Waals surface area contributed by atoms with Crippen LogP contribution < -0.4 is 4.74 Å². The Morgan fingerprint density at radius 2 is 2.30 bits per heavy atom. The summed E-state index contributed by atoms with van der Waals surface area (Å²) in [5.41, 5.74) is 1.80. The molecule has 1 fully saturated rings. The van der Waals surface area contributed by atoms with Gasteiger partial charge in [0.15, 0.2) is 0 Å². The van der Waals surface area contributed by atoms with E-state index >= 15 is 0 Å². The second-order valence-corrected chi connectivity index (χ2v) is 4.93. The SMILES string of the molecule is COc1ccc(-c2noc(C3CC3C(=O)O)n2)cc1C. The van der Waals surface area contributed by atoms with Crippen LogP contribution in [-0.4, -0.2) is 28.3 Å². The zero-order valence-electron chi connectivity index (χ0n) is 11.2. The Bertz CT molecular complexity index is 665. The summed E-state index contributed by atoms with van der Waals surface area (Å²) in [7, 11) is 1.62. The van der Waals surface area contributed by atoms with Gasteiger partial charge in [-0.15, -0.1) is 0 Å². The molecule has 0 amide bonds. The summed E-state index contributed by atoms with van der Waals surface area (Å²) < 4.78 is 10.4. The molecule has 2 aromatic rings. The van der Waals surface area contributed by atoms with Crippen LogP contribution in [0.4, 0.5) is 0 Å².